The maximum atomic E-state index is 13.0. The van der Waals surface area contributed by atoms with Crippen LogP contribution in [0.25, 0.3) is 17.5 Å². The van der Waals surface area contributed by atoms with Gasteiger partial charge in [0.05, 0.1) is 6.54 Å². The summed E-state index contributed by atoms with van der Waals surface area (Å²) < 4.78 is 18.7. The molecule has 0 aliphatic rings. The molecule has 0 saturated heterocycles. The van der Waals surface area contributed by atoms with E-state index in [2.05, 4.69) is 10.2 Å². The van der Waals surface area contributed by atoms with Gasteiger partial charge in [-0.3, -0.25) is 4.79 Å². The van der Waals surface area contributed by atoms with Gasteiger partial charge in [-0.05, 0) is 61.9 Å². The van der Waals surface area contributed by atoms with Gasteiger partial charge in [-0.1, -0.05) is 23.7 Å². The van der Waals surface area contributed by atoms with Crippen molar-refractivity contribution in [2.45, 2.75) is 26.4 Å². The van der Waals surface area contributed by atoms with Gasteiger partial charge in [-0.15, -0.1) is 10.2 Å². The molecule has 1 amide bonds. The van der Waals surface area contributed by atoms with Gasteiger partial charge in [0.25, 0.3) is 0 Å². The highest BCUT2D eigenvalue weighted by molar-refractivity contribution is 6.30. The minimum Gasteiger partial charge on any atom is -0.419 e. The van der Waals surface area contributed by atoms with Crippen molar-refractivity contribution in [3.63, 3.8) is 0 Å². The monoisotopic (exact) mass is 399 g/mol. The summed E-state index contributed by atoms with van der Waals surface area (Å²) in [7, 11) is 0. The zero-order chi connectivity index (χ0) is 20.1. The molecule has 3 rings (SSSR count). The van der Waals surface area contributed by atoms with E-state index in [0.29, 0.717) is 16.8 Å². The van der Waals surface area contributed by atoms with E-state index in [9.17, 15) is 9.18 Å². The summed E-state index contributed by atoms with van der Waals surface area (Å²) in [4.78, 5) is 14.2. The Labute approximate surface area is 167 Å². The van der Waals surface area contributed by atoms with Crippen molar-refractivity contribution in [2.75, 3.05) is 0 Å². The molecule has 5 nitrogen and oxygen atoms in total. The number of carbonyl (C=O) groups excluding carboxylic acids is 1. The largest absolute Gasteiger partial charge is 0.419 e. The Kier molecular flexibility index (Phi) is 6.21. The highest BCUT2D eigenvalue weighted by atomic mass is 35.5. The zero-order valence-corrected chi connectivity index (χ0v) is 16.2. The molecule has 0 aliphatic heterocycles. The molecule has 0 atom stereocenters. The maximum absolute atomic E-state index is 13.0. The smallest absolute Gasteiger partial charge is 0.247 e. The first-order valence-corrected chi connectivity index (χ1v) is 9.13. The Balaban J connectivity index is 1.71. The Morgan fingerprint density at radius 1 is 1.14 bits per heavy atom. The number of hydrogen-bond acceptors (Lipinski definition) is 4. The van der Waals surface area contributed by atoms with E-state index >= 15 is 0 Å². The summed E-state index contributed by atoms with van der Waals surface area (Å²) in [5, 5.41) is 8.70. The normalized spacial score (nSPS) is 11.3. The summed E-state index contributed by atoms with van der Waals surface area (Å²) in [6.45, 7) is 3.99. The number of hydrogen-bond donors (Lipinski definition) is 0. The third-order valence-corrected chi connectivity index (χ3v) is 4.31. The van der Waals surface area contributed by atoms with Gasteiger partial charge in [0, 0.05) is 22.7 Å². The van der Waals surface area contributed by atoms with E-state index in [1.165, 1.54) is 18.2 Å². The van der Waals surface area contributed by atoms with Crippen molar-refractivity contribution < 1.29 is 13.6 Å². The highest BCUT2D eigenvalue weighted by Gasteiger charge is 2.19. The molecule has 7 heteroatoms. The molecule has 0 aliphatic carbocycles. The van der Waals surface area contributed by atoms with Gasteiger partial charge < -0.3 is 9.32 Å². The molecule has 0 unspecified atom stereocenters. The second kappa shape index (κ2) is 8.80. The standard InChI is InChI=1S/C21H19ClFN3O2/c1-14(2)26(20(27)12-5-15-3-10-18(23)11-4-15)13-19-24-25-21(28-19)16-6-8-17(22)9-7-16/h3-12,14H,13H2,1-2H3/b12-5+. The maximum Gasteiger partial charge on any atom is 0.247 e. The number of amides is 1. The van der Waals surface area contributed by atoms with Crippen molar-refractivity contribution in [3.8, 4) is 11.5 Å². The molecule has 0 fully saturated rings. The van der Waals surface area contributed by atoms with Crippen LogP contribution in [0, 0.1) is 5.82 Å². The van der Waals surface area contributed by atoms with E-state index in [-0.39, 0.29) is 24.3 Å². The molecule has 1 heterocycles. The lowest BCUT2D eigenvalue weighted by atomic mass is 10.2. The van der Waals surface area contributed by atoms with Crippen LogP contribution in [0.5, 0.6) is 0 Å². The van der Waals surface area contributed by atoms with Crippen LogP contribution in [-0.4, -0.2) is 27.0 Å². The number of nitrogens with zero attached hydrogens (tertiary/aromatic N) is 3. The van der Waals surface area contributed by atoms with E-state index in [4.69, 9.17) is 16.0 Å². The average Bonchev–Trinajstić information content (AvgIpc) is 3.14. The fourth-order valence-electron chi connectivity index (χ4n) is 2.52. The summed E-state index contributed by atoms with van der Waals surface area (Å²) in [5.41, 5.74) is 1.49. The highest BCUT2D eigenvalue weighted by Crippen LogP contribution is 2.21. The second-order valence-electron chi connectivity index (χ2n) is 6.45. The van der Waals surface area contributed by atoms with Crippen molar-refractivity contribution in [1.29, 1.82) is 0 Å². The Morgan fingerprint density at radius 2 is 1.82 bits per heavy atom. The Morgan fingerprint density at radius 3 is 2.46 bits per heavy atom. The van der Waals surface area contributed by atoms with Crippen LogP contribution >= 0.6 is 11.6 Å². The van der Waals surface area contributed by atoms with Gasteiger partial charge >= 0.3 is 0 Å². The molecule has 3 aromatic rings. The van der Waals surface area contributed by atoms with Crippen LogP contribution in [-0.2, 0) is 11.3 Å². The predicted molar refractivity (Wildman–Crippen MR) is 106 cm³/mol. The first-order chi connectivity index (χ1) is 13.4. The number of carbonyl (C=O) groups is 1. The lowest BCUT2D eigenvalue weighted by Gasteiger charge is -2.23. The molecule has 28 heavy (non-hydrogen) atoms. The summed E-state index contributed by atoms with van der Waals surface area (Å²) in [5.74, 6) is 0.178. The van der Waals surface area contributed by atoms with Gasteiger partial charge in [0.2, 0.25) is 17.7 Å². The second-order valence-corrected chi connectivity index (χ2v) is 6.89. The van der Waals surface area contributed by atoms with Gasteiger partial charge in [-0.2, -0.15) is 0 Å². The topological polar surface area (TPSA) is 59.2 Å². The third-order valence-electron chi connectivity index (χ3n) is 4.06. The first kappa shape index (κ1) is 19.8. The number of aromatic nitrogens is 2. The van der Waals surface area contributed by atoms with E-state index in [0.717, 1.165) is 11.1 Å². The molecule has 144 valence electrons. The minimum atomic E-state index is -0.319. The Hall–Kier alpha value is -2.99. The Bertz CT molecular complexity index is 966. The summed E-state index contributed by atoms with van der Waals surface area (Å²) in [6, 6.07) is 12.9. The molecule has 0 radical (unpaired) electrons. The van der Waals surface area contributed by atoms with E-state index in [1.54, 1.807) is 47.4 Å². The van der Waals surface area contributed by atoms with Crippen LogP contribution in [0.4, 0.5) is 4.39 Å². The van der Waals surface area contributed by atoms with Crippen LogP contribution in [0.2, 0.25) is 5.02 Å². The number of halogens is 2. The van der Waals surface area contributed by atoms with E-state index in [1.807, 2.05) is 13.8 Å². The van der Waals surface area contributed by atoms with Crippen LogP contribution in [0.1, 0.15) is 25.3 Å². The molecular formula is C21H19ClFN3O2. The predicted octanol–water partition coefficient (Wildman–Crippen LogP) is 4.98. The van der Waals surface area contributed by atoms with Crippen LogP contribution < -0.4 is 0 Å². The van der Waals surface area contributed by atoms with Crippen molar-refractivity contribution >= 4 is 23.6 Å². The first-order valence-electron chi connectivity index (χ1n) is 8.75. The quantitative estimate of drug-likeness (QED) is 0.548. The molecule has 0 N–H and O–H groups in total. The van der Waals surface area contributed by atoms with Gasteiger partial charge in [-0.25, -0.2) is 4.39 Å². The van der Waals surface area contributed by atoms with Crippen molar-refractivity contribution in [3.05, 3.63) is 76.9 Å². The molecular weight excluding hydrogens is 381 g/mol. The van der Waals surface area contributed by atoms with Crippen LogP contribution in [0.15, 0.2) is 59.0 Å². The number of rotatable bonds is 6. The lowest BCUT2D eigenvalue weighted by Crippen LogP contribution is -2.35. The fraction of sp³-hybridized carbons (Fsp3) is 0.190. The summed E-state index contributed by atoms with van der Waals surface area (Å²) in [6.07, 6.45) is 3.09. The lowest BCUT2D eigenvalue weighted by molar-refractivity contribution is -0.128. The van der Waals surface area contributed by atoms with Gasteiger partial charge in [0.1, 0.15) is 5.82 Å². The number of benzene rings is 2. The average molecular weight is 400 g/mol. The van der Waals surface area contributed by atoms with Gasteiger partial charge in [0.15, 0.2) is 0 Å². The SMILES string of the molecule is CC(C)N(Cc1nnc(-c2ccc(Cl)cc2)o1)C(=O)/C=C/c1ccc(F)cc1. The van der Waals surface area contributed by atoms with Crippen molar-refractivity contribution in [1.82, 2.24) is 15.1 Å². The van der Waals surface area contributed by atoms with E-state index < -0.39 is 0 Å². The fourth-order valence-corrected chi connectivity index (χ4v) is 2.65. The summed E-state index contributed by atoms with van der Waals surface area (Å²) >= 11 is 5.89. The molecule has 0 saturated carbocycles. The molecule has 1 aromatic heterocycles. The molecule has 0 bridgehead atoms. The van der Waals surface area contributed by atoms with Crippen LogP contribution in [0.3, 0.4) is 0 Å². The molecule has 0 spiro atoms. The van der Waals surface area contributed by atoms with Crippen molar-refractivity contribution in [2.24, 2.45) is 0 Å². The minimum absolute atomic E-state index is 0.0729. The molecule has 2 aromatic carbocycles. The zero-order valence-electron chi connectivity index (χ0n) is 15.5. The third kappa shape index (κ3) is 5.04.